The van der Waals surface area contributed by atoms with Crippen molar-refractivity contribution in [3.8, 4) is 22.9 Å². The molecule has 0 radical (unpaired) electrons. The molecule has 4 heterocycles. The van der Waals surface area contributed by atoms with Crippen molar-refractivity contribution < 1.29 is 9.15 Å². The first kappa shape index (κ1) is 21.8. The molecule has 0 saturated heterocycles. The van der Waals surface area contributed by atoms with Crippen molar-refractivity contribution in [2.45, 2.75) is 0 Å². The molecule has 0 bridgehead atoms. The fourth-order valence-corrected chi connectivity index (χ4v) is 4.66. The van der Waals surface area contributed by atoms with Gasteiger partial charge in [0, 0.05) is 11.8 Å². The summed E-state index contributed by atoms with van der Waals surface area (Å²) in [5.41, 5.74) is 3.05. The summed E-state index contributed by atoms with van der Waals surface area (Å²) >= 11 is 1.28. The maximum Gasteiger partial charge on any atom is 0.291 e. The van der Waals surface area contributed by atoms with Crippen LogP contribution in [0.25, 0.3) is 40.3 Å². The quantitative estimate of drug-likeness (QED) is 0.343. The third kappa shape index (κ3) is 4.12. The summed E-state index contributed by atoms with van der Waals surface area (Å²) in [4.78, 5) is 18.1. The molecule has 8 nitrogen and oxygen atoms in total. The zero-order valence-corrected chi connectivity index (χ0v) is 19.9. The van der Waals surface area contributed by atoms with Gasteiger partial charge in [-0.25, -0.2) is 4.68 Å². The van der Waals surface area contributed by atoms with Gasteiger partial charge in [-0.2, -0.15) is 14.6 Å². The summed E-state index contributed by atoms with van der Waals surface area (Å²) in [6, 6.07) is 21.1. The van der Waals surface area contributed by atoms with E-state index in [4.69, 9.17) is 14.3 Å². The van der Waals surface area contributed by atoms with Crippen molar-refractivity contribution in [3.05, 3.63) is 111 Å². The third-order valence-corrected chi connectivity index (χ3v) is 6.50. The number of nitrogens with zero attached hydrogens (tertiary/aromatic N) is 5. The van der Waals surface area contributed by atoms with Crippen LogP contribution in [0.3, 0.4) is 0 Å². The first-order valence-electron chi connectivity index (χ1n) is 11.1. The molecule has 0 saturated carbocycles. The second-order valence-corrected chi connectivity index (χ2v) is 8.89. The number of thiazole rings is 1. The highest BCUT2D eigenvalue weighted by Gasteiger charge is 2.15. The standard InChI is InChI=1S/C27H19N5O3S/c1-34-21-12-9-18(10-13-21)11-14-24-28-27-32(29-24)26(33)23(36-27)16-19-17-31(20-6-3-2-4-7-20)30-25(19)22-8-5-15-35-22/h2-17H,1H3/b14-11+,23-16-. The minimum Gasteiger partial charge on any atom is -0.497 e. The van der Waals surface area contributed by atoms with Crippen LogP contribution in [-0.2, 0) is 0 Å². The highest BCUT2D eigenvalue weighted by atomic mass is 32.1. The predicted octanol–water partition coefficient (Wildman–Crippen LogP) is 4.32. The number of benzene rings is 2. The molecule has 0 aliphatic carbocycles. The van der Waals surface area contributed by atoms with E-state index in [9.17, 15) is 4.79 Å². The van der Waals surface area contributed by atoms with E-state index in [1.807, 2.05) is 79.0 Å². The monoisotopic (exact) mass is 493 g/mol. The minimum absolute atomic E-state index is 0.232. The number of furan rings is 1. The molecule has 4 aromatic heterocycles. The molecule has 0 aliphatic rings. The number of para-hydroxylation sites is 1. The Morgan fingerprint density at radius 2 is 1.81 bits per heavy atom. The van der Waals surface area contributed by atoms with Gasteiger partial charge in [-0.05, 0) is 54.1 Å². The Balaban J connectivity index is 1.37. The van der Waals surface area contributed by atoms with Crippen molar-refractivity contribution in [1.82, 2.24) is 24.4 Å². The summed E-state index contributed by atoms with van der Waals surface area (Å²) in [6.45, 7) is 0. The van der Waals surface area contributed by atoms with Crippen molar-refractivity contribution in [3.63, 3.8) is 0 Å². The van der Waals surface area contributed by atoms with Crippen LogP contribution >= 0.6 is 11.3 Å². The van der Waals surface area contributed by atoms with Gasteiger partial charge in [0.15, 0.2) is 11.6 Å². The lowest BCUT2D eigenvalue weighted by Gasteiger charge is -1.98. The maximum absolute atomic E-state index is 13.1. The number of hydrogen-bond donors (Lipinski definition) is 0. The summed E-state index contributed by atoms with van der Waals surface area (Å²) in [5, 5.41) is 9.09. The number of rotatable bonds is 6. The molecule has 176 valence electrons. The lowest BCUT2D eigenvalue weighted by atomic mass is 10.2. The topological polar surface area (TPSA) is 87.5 Å². The molecule has 36 heavy (non-hydrogen) atoms. The van der Waals surface area contributed by atoms with Crippen molar-refractivity contribution in [2.24, 2.45) is 0 Å². The third-order valence-electron chi connectivity index (χ3n) is 5.54. The Labute approximate surface area is 209 Å². The summed E-state index contributed by atoms with van der Waals surface area (Å²) in [7, 11) is 1.63. The summed E-state index contributed by atoms with van der Waals surface area (Å²) in [5.74, 6) is 1.87. The smallest absolute Gasteiger partial charge is 0.291 e. The molecule has 6 rings (SSSR count). The van der Waals surface area contributed by atoms with Gasteiger partial charge < -0.3 is 9.15 Å². The molecule has 0 amide bonds. The van der Waals surface area contributed by atoms with Crippen LogP contribution in [0.15, 0.2) is 88.4 Å². The minimum atomic E-state index is -0.232. The average molecular weight is 494 g/mol. The highest BCUT2D eigenvalue weighted by molar-refractivity contribution is 7.15. The lowest BCUT2D eigenvalue weighted by Crippen LogP contribution is -2.23. The number of fused-ring (bicyclic) bond motifs is 1. The molecule has 9 heteroatoms. The van der Waals surface area contributed by atoms with Crippen molar-refractivity contribution in [1.29, 1.82) is 0 Å². The number of hydrogen-bond acceptors (Lipinski definition) is 7. The van der Waals surface area contributed by atoms with Gasteiger partial charge in [0.2, 0.25) is 4.96 Å². The number of aromatic nitrogens is 5. The lowest BCUT2D eigenvalue weighted by molar-refractivity contribution is 0.415. The molecule has 0 fully saturated rings. The zero-order chi connectivity index (χ0) is 24.5. The van der Waals surface area contributed by atoms with Gasteiger partial charge in [-0.3, -0.25) is 4.79 Å². The Hall–Kier alpha value is -4.76. The summed E-state index contributed by atoms with van der Waals surface area (Å²) < 4.78 is 14.4. The second kappa shape index (κ2) is 9.12. The van der Waals surface area contributed by atoms with E-state index in [2.05, 4.69) is 10.1 Å². The zero-order valence-electron chi connectivity index (χ0n) is 19.1. The van der Waals surface area contributed by atoms with E-state index >= 15 is 0 Å². The van der Waals surface area contributed by atoms with Crippen LogP contribution in [0.1, 0.15) is 17.0 Å². The van der Waals surface area contributed by atoms with Crippen LogP contribution in [0.5, 0.6) is 5.75 Å². The van der Waals surface area contributed by atoms with Gasteiger partial charge in [-0.15, -0.1) is 5.10 Å². The van der Waals surface area contributed by atoms with Crippen molar-refractivity contribution >= 4 is 34.5 Å². The van der Waals surface area contributed by atoms with Crippen LogP contribution in [-0.4, -0.2) is 31.5 Å². The van der Waals surface area contributed by atoms with E-state index in [1.165, 1.54) is 15.9 Å². The fraction of sp³-hybridized carbons (Fsp3) is 0.0370. The Bertz CT molecular complexity index is 1780. The largest absolute Gasteiger partial charge is 0.497 e. The first-order chi connectivity index (χ1) is 17.7. The maximum atomic E-state index is 13.1. The van der Waals surface area contributed by atoms with E-state index in [0.29, 0.717) is 26.8 Å². The molecule has 0 unspecified atom stereocenters. The molecule has 0 spiro atoms. The predicted molar refractivity (Wildman–Crippen MR) is 139 cm³/mol. The van der Waals surface area contributed by atoms with Crippen LogP contribution < -0.4 is 14.8 Å². The molecule has 6 aromatic rings. The molecular formula is C27H19N5O3S. The second-order valence-electron chi connectivity index (χ2n) is 7.88. The van der Waals surface area contributed by atoms with Crippen LogP contribution in [0.2, 0.25) is 0 Å². The van der Waals surface area contributed by atoms with Gasteiger partial charge in [0.1, 0.15) is 11.4 Å². The van der Waals surface area contributed by atoms with E-state index in [0.717, 1.165) is 22.6 Å². The van der Waals surface area contributed by atoms with Gasteiger partial charge in [-0.1, -0.05) is 47.7 Å². The average Bonchev–Trinajstić information content (AvgIpc) is 3.70. The van der Waals surface area contributed by atoms with Gasteiger partial charge >= 0.3 is 0 Å². The Morgan fingerprint density at radius 3 is 2.53 bits per heavy atom. The van der Waals surface area contributed by atoms with E-state index in [-0.39, 0.29) is 5.56 Å². The fourth-order valence-electron chi connectivity index (χ4n) is 3.76. The Kier molecular flexibility index (Phi) is 5.51. The molecular weight excluding hydrogens is 474 g/mol. The molecule has 0 N–H and O–H groups in total. The van der Waals surface area contributed by atoms with Gasteiger partial charge in [0.05, 0.1) is 23.6 Å². The molecule has 0 atom stereocenters. The normalized spacial score (nSPS) is 12.2. The van der Waals surface area contributed by atoms with Crippen LogP contribution in [0.4, 0.5) is 0 Å². The van der Waals surface area contributed by atoms with Gasteiger partial charge in [0.25, 0.3) is 5.56 Å². The summed E-state index contributed by atoms with van der Waals surface area (Å²) in [6.07, 6.45) is 8.96. The highest BCUT2D eigenvalue weighted by Crippen LogP contribution is 2.25. The Morgan fingerprint density at radius 1 is 0.972 bits per heavy atom. The van der Waals surface area contributed by atoms with E-state index < -0.39 is 0 Å². The molecule has 0 aliphatic heterocycles. The number of methoxy groups -OCH3 is 1. The van der Waals surface area contributed by atoms with Crippen LogP contribution in [0, 0.1) is 0 Å². The number of ether oxygens (including phenoxy) is 1. The van der Waals surface area contributed by atoms with E-state index in [1.54, 1.807) is 30.2 Å². The van der Waals surface area contributed by atoms with Crippen molar-refractivity contribution in [2.75, 3.05) is 7.11 Å². The molecule has 2 aromatic carbocycles. The SMILES string of the molecule is COc1ccc(/C=C/c2nc3s/c(=C\c4cn(-c5ccccc5)nc4-c4ccco4)c(=O)n3n2)cc1. The first-order valence-corrected chi connectivity index (χ1v) is 11.9.